The number of nitrogens with zero attached hydrogens (tertiary/aromatic N) is 1. The summed E-state index contributed by atoms with van der Waals surface area (Å²) in [4.78, 5) is 10.8. The Kier molecular flexibility index (Phi) is 3.13. The molecule has 1 aliphatic rings. The Morgan fingerprint density at radius 3 is 2.94 bits per heavy atom. The maximum Gasteiger partial charge on any atom is 0.310 e. The molecule has 0 saturated carbocycles. The predicted molar refractivity (Wildman–Crippen MR) is 54.6 cm³/mol. The number of hydrogen-bond donors (Lipinski definition) is 3. The molecule has 2 heterocycles. The van der Waals surface area contributed by atoms with Crippen molar-refractivity contribution in [3.63, 3.8) is 0 Å². The second-order valence-corrected chi connectivity index (χ2v) is 5.36. The van der Waals surface area contributed by atoms with E-state index in [1.807, 2.05) is 0 Å². The predicted octanol–water partition coefficient (Wildman–Crippen LogP) is -1.21. The van der Waals surface area contributed by atoms with Crippen LogP contribution < -0.4 is 4.72 Å². The van der Waals surface area contributed by atoms with Gasteiger partial charge >= 0.3 is 5.97 Å². The smallest absolute Gasteiger partial charge is 0.310 e. The van der Waals surface area contributed by atoms with E-state index in [9.17, 15) is 13.2 Å². The highest BCUT2D eigenvalue weighted by Gasteiger charge is 2.37. The third-order valence-corrected chi connectivity index (χ3v) is 3.94. The van der Waals surface area contributed by atoms with E-state index in [1.54, 1.807) is 0 Å². The SMILES string of the molecule is O=C(O)C1COCC1NS(=O)(=O)c1cn[nH]c1. The molecule has 9 heteroatoms. The average molecular weight is 261 g/mol. The van der Waals surface area contributed by atoms with Crippen LogP contribution in [0.4, 0.5) is 0 Å². The highest BCUT2D eigenvalue weighted by molar-refractivity contribution is 7.89. The number of aromatic nitrogens is 2. The summed E-state index contributed by atoms with van der Waals surface area (Å²) in [7, 11) is -3.75. The van der Waals surface area contributed by atoms with Crippen LogP contribution in [-0.4, -0.2) is 48.9 Å². The molecule has 17 heavy (non-hydrogen) atoms. The minimum atomic E-state index is -3.75. The van der Waals surface area contributed by atoms with Gasteiger partial charge in [-0.2, -0.15) is 5.10 Å². The number of rotatable bonds is 4. The molecule has 2 atom stereocenters. The maximum absolute atomic E-state index is 11.8. The lowest BCUT2D eigenvalue weighted by Gasteiger charge is -2.14. The van der Waals surface area contributed by atoms with Gasteiger partial charge in [-0.05, 0) is 0 Å². The summed E-state index contributed by atoms with van der Waals surface area (Å²) >= 11 is 0. The second-order valence-electron chi connectivity index (χ2n) is 3.64. The molecule has 0 radical (unpaired) electrons. The van der Waals surface area contributed by atoms with Crippen molar-refractivity contribution in [2.75, 3.05) is 13.2 Å². The number of hydrogen-bond acceptors (Lipinski definition) is 5. The van der Waals surface area contributed by atoms with Crippen LogP contribution in [0.15, 0.2) is 17.3 Å². The molecular weight excluding hydrogens is 250 g/mol. The first-order valence-electron chi connectivity index (χ1n) is 4.82. The minimum Gasteiger partial charge on any atom is -0.481 e. The number of carbonyl (C=O) groups is 1. The third-order valence-electron chi connectivity index (χ3n) is 2.49. The number of nitrogens with one attached hydrogen (secondary N) is 2. The van der Waals surface area contributed by atoms with E-state index in [0.717, 1.165) is 6.20 Å². The number of ether oxygens (including phenoxy) is 1. The summed E-state index contributed by atoms with van der Waals surface area (Å²) in [6.07, 6.45) is 2.36. The Labute approximate surface area is 97.0 Å². The van der Waals surface area contributed by atoms with Gasteiger partial charge in [0, 0.05) is 6.20 Å². The Morgan fingerprint density at radius 2 is 2.35 bits per heavy atom. The lowest BCUT2D eigenvalue weighted by molar-refractivity contribution is -0.142. The fourth-order valence-corrected chi connectivity index (χ4v) is 2.73. The van der Waals surface area contributed by atoms with E-state index in [0.29, 0.717) is 0 Å². The Hall–Kier alpha value is -1.45. The van der Waals surface area contributed by atoms with Crippen molar-refractivity contribution in [1.82, 2.24) is 14.9 Å². The average Bonchev–Trinajstić information content (AvgIpc) is 2.85. The standard InChI is InChI=1S/C8H11N3O5S/c12-8(13)6-3-16-4-7(6)11-17(14,15)5-1-9-10-2-5/h1-2,6-7,11H,3-4H2,(H,9,10)(H,12,13). The van der Waals surface area contributed by atoms with E-state index < -0.39 is 28.0 Å². The van der Waals surface area contributed by atoms with Gasteiger partial charge in [-0.1, -0.05) is 0 Å². The molecule has 2 rings (SSSR count). The molecule has 0 aromatic carbocycles. The topological polar surface area (TPSA) is 121 Å². The van der Waals surface area contributed by atoms with Crippen molar-refractivity contribution in [1.29, 1.82) is 0 Å². The molecule has 1 fully saturated rings. The molecule has 1 aliphatic heterocycles. The van der Waals surface area contributed by atoms with Crippen molar-refractivity contribution in [3.05, 3.63) is 12.4 Å². The van der Waals surface area contributed by atoms with E-state index in [-0.39, 0.29) is 18.1 Å². The van der Waals surface area contributed by atoms with Gasteiger partial charge in [0.25, 0.3) is 0 Å². The molecular formula is C8H11N3O5S. The molecule has 94 valence electrons. The number of aromatic amines is 1. The minimum absolute atomic E-state index is 0.00784. The first-order chi connectivity index (χ1) is 8.00. The monoisotopic (exact) mass is 261 g/mol. The highest BCUT2D eigenvalue weighted by atomic mass is 32.2. The molecule has 8 nitrogen and oxygen atoms in total. The van der Waals surface area contributed by atoms with Gasteiger partial charge in [0.1, 0.15) is 4.90 Å². The van der Waals surface area contributed by atoms with Gasteiger partial charge < -0.3 is 9.84 Å². The van der Waals surface area contributed by atoms with E-state index >= 15 is 0 Å². The first-order valence-corrected chi connectivity index (χ1v) is 6.30. The van der Waals surface area contributed by atoms with E-state index in [1.165, 1.54) is 6.20 Å². The van der Waals surface area contributed by atoms with Crippen molar-refractivity contribution >= 4 is 16.0 Å². The molecule has 0 spiro atoms. The number of carboxylic acid groups (broad SMARTS) is 1. The molecule has 0 bridgehead atoms. The fraction of sp³-hybridized carbons (Fsp3) is 0.500. The van der Waals surface area contributed by atoms with Crippen LogP contribution in [0.5, 0.6) is 0 Å². The van der Waals surface area contributed by atoms with Gasteiger partial charge in [-0.25, -0.2) is 13.1 Å². The summed E-state index contributed by atoms with van der Waals surface area (Å²) in [5, 5.41) is 14.8. The van der Waals surface area contributed by atoms with E-state index in [4.69, 9.17) is 9.84 Å². The fourth-order valence-electron chi connectivity index (χ4n) is 1.57. The Bertz CT molecular complexity index is 497. The molecule has 0 aliphatic carbocycles. The van der Waals surface area contributed by atoms with Crippen molar-refractivity contribution in [2.24, 2.45) is 5.92 Å². The van der Waals surface area contributed by atoms with Gasteiger partial charge in [0.2, 0.25) is 10.0 Å². The summed E-state index contributed by atoms with van der Waals surface area (Å²) in [5.74, 6) is -1.95. The van der Waals surface area contributed by atoms with Crippen LogP contribution in [0.2, 0.25) is 0 Å². The molecule has 2 unspecified atom stereocenters. The van der Waals surface area contributed by atoms with E-state index in [2.05, 4.69) is 14.9 Å². The highest BCUT2D eigenvalue weighted by Crippen LogP contribution is 2.16. The normalized spacial score (nSPS) is 24.9. The number of aliphatic carboxylic acids is 1. The van der Waals surface area contributed by atoms with Gasteiger partial charge in [0.15, 0.2) is 0 Å². The summed E-state index contributed by atoms with van der Waals surface area (Å²) in [6.45, 7) is 0.0575. The molecule has 1 aromatic heterocycles. The van der Waals surface area contributed by atoms with Crippen LogP contribution in [-0.2, 0) is 19.6 Å². The largest absolute Gasteiger partial charge is 0.481 e. The van der Waals surface area contributed by atoms with Crippen molar-refractivity contribution < 1.29 is 23.1 Å². The Balaban J connectivity index is 2.14. The van der Waals surface area contributed by atoms with Crippen LogP contribution >= 0.6 is 0 Å². The zero-order chi connectivity index (χ0) is 12.5. The van der Waals surface area contributed by atoms with Gasteiger partial charge in [0.05, 0.1) is 31.4 Å². The Morgan fingerprint density at radius 1 is 1.59 bits per heavy atom. The lowest BCUT2D eigenvalue weighted by atomic mass is 10.1. The molecule has 0 amide bonds. The number of H-pyrrole nitrogens is 1. The van der Waals surface area contributed by atoms with Crippen LogP contribution in [0, 0.1) is 5.92 Å². The summed E-state index contributed by atoms with van der Waals surface area (Å²) < 4.78 is 30.9. The van der Waals surface area contributed by atoms with Crippen LogP contribution in [0.1, 0.15) is 0 Å². The molecule has 1 saturated heterocycles. The summed E-state index contributed by atoms with van der Waals surface area (Å²) in [6, 6.07) is -0.757. The van der Waals surface area contributed by atoms with Gasteiger partial charge in [-0.15, -0.1) is 0 Å². The number of carboxylic acids is 1. The van der Waals surface area contributed by atoms with Crippen LogP contribution in [0.25, 0.3) is 0 Å². The van der Waals surface area contributed by atoms with Crippen LogP contribution in [0.3, 0.4) is 0 Å². The van der Waals surface area contributed by atoms with Gasteiger partial charge in [-0.3, -0.25) is 9.89 Å². The molecule has 1 aromatic rings. The number of sulfonamides is 1. The summed E-state index contributed by atoms with van der Waals surface area (Å²) in [5.41, 5.74) is 0. The first kappa shape index (κ1) is 12.0. The lowest BCUT2D eigenvalue weighted by Crippen LogP contribution is -2.42. The zero-order valence-corrected chi connectivity index (χ0v) is 9.48. The van der Waals surface area contributed by atoms with Crippen molar-refractivity contribution in [2.45, 2.75) is 10.9 Å². The molecule has 3 N–H and O–H groups in total. The second kappa shape index (κ2) is 4.43. The zero-order valence-electron chi connectivity index (χ0n) is 8.66. The van der Waals surface area contributed by atoms with Crippen molar-refractivity contribution in [3.8, 4) is 0 Å². The quantitative estimate of drug-likeness (QED) is 0.625. The third kappa shape index (κ3) is 2.46. The maximum atomic E-state index is 11.8.